The predicted molar refractivity (Wildman–Crippen MR) is 55.3 cm³/mol. The van der Waals surface area contributed by atoms with Gasteiger partial charge in [0.2, 0.25) is 0 Å². The Morgan fingerprint density at radius 3 is 2.46 bits per heavy atom. The number of benzene rings is 1. The molecule has 1 aromatic rings. The van der Waals surface area contributed by atoms with Crippen LogP contribution in [0.3, 0.4) is 0 Å². The van der Waals surface area contributed by atoms with Crippen LogP contribution >= 0.6 is 11.6 Å². The van der Waals surface area contributed by atoms with E-state index in [0.717, 1.165) is 11.3 Å². The smallest absolute Gasteiger partial charge is 0.119 e. The molecule has 0 aliphatic heterocycles. The highest BCUT2D eigenvalue weighted by Gasteiger charge is 2.03. The minimum atomic E-state index is -0.129. The van der Waals surface area contributed by atoms with Gasteiger partial charge >= 0.3 is 0 Å². The molecule has 2 nitrogen and oxygen atoms in total. The zero-order valence-corrected chi connectivity index (χ0v) is 8.64. The van der Waals surface area contributed by atoms with Crippen molar-refractivity contribution >= 4 is 11.6 Å². The van der Waals surface area contributed by atoms with Crippen molar-refractivity contribution in [2.75, 3.05) is 13.7 Å². The first-order valence-electron chi connectivity index (χ1n) is 4.32. The van der Waals surface area contributed by atoms with Crippen LogP contribution in [0.15, 0.2) is 24.3 Å². The van der Waals surface area contributed by atoms with Gasteiger partial charge in [0.25, 0.3) is 0 Å². The molecule has 0 saturated carbocycles. The number of hydrogen-bond donors (Lipinski definition) is 1. The molecule has 0 aliphatic carbocycles. The van der Waals surface area contributed by atoms with E-state index < -0.39 is 0 Å². The Labute approximate surface area is 83.9 Å². The van der Waals surface area contributed by atoms with E-state index in [1.807, 2.05) is 38.2 Å². The molecule has 0 heterocycles. The monoisotopic (exact) mass is 199 g/mol. The van der Waals surface area contributed by atoms with E-state index in [1.54, 1.807) is 0 Å². The highest BCUT2D eigenvalue weighted by molar-refractivity contribution is 6.20. The molecule has 0 radical (unpaired) electrons. The lowest BCUT2D eigenvalue weighted by atomic mass is 10.2. The first-order valence-corrected chi connectivity index (χ1v) is 4.75. The van der Waals surface area contributed by atoms with Crippen LogP contribution < -0.4 is 10.1 Å². The number of nitrogens with one attached hydrogen (secondary N) is 1. The second kappa shape index (κ2) is 5.10. The Kier molecular flexibility index (Phi) is 4.06. The number of rotatable bonds is 4. The van der Waals surface area contributed by atoms with E-state index in [9.17, 15) is 0 Å². The normalized spacial score (nSPS) is 12.5. The lowest BCUT2D eigenvalue weighted by Gasteiger charge is -2.09. The molecule has 1 rings (SSSR count). The third-order valence-electron chi connectivity index (χ3n) is 1.74. The fourth-order valence-electron chi connectivity index (χ4n) is 1.07. The number of hydrogen-bond acceptors (Lipinski definition) is 2. The Morgan fingerprint density at radius 2 is 2.00 bits per heavy atom. The van der Waals surface area contributed by atoms with Crippen molar-refractivity contribution in [3.05, 3.63) is 29.8 Å². The molecule has 72 valence electrons. The number of ether oxygens (including phenoxy) is 1. The van der Waals surface area contributed by atoms with E-state index >= 15 is 0 Å². The second-order valence-corrected chi connectivity index (χ2v) is 3.09. The molecule has 0 aromatic heterocycles. The predicted octanol–water partition coefficient (Wildman–Crippen LogP) is 2.54. The molecule has 0 amide bonds. The van der Waals surface area contributed by atoms with Crippen molar-refractivity contribution in [1.29, 1.82) is 0 Å². The summed E-state index contributed by atoms with van der Waals surface area (Å²) in [6.07, 6.45) is 0. The van der Waals surface area contributed by atoms with Crippen LogP contribution in [0.4, 0.5) is 0 Å². The van der Waals surface area contributed by atoms with Gasteiger partial charge in [0, 0.05) is 0 Å². The summed E-state index contributed by atoms with van der Waals surface area (Å²) in [5.74, 6) is 0.881. The molecular formula is C10H14ClNO. The molecule has 3 heteroatoms. The summed E-state index contributed by atoms with van der Waals surface area (Å²) in [7, 11) is 1.83. The van der Waals surface area contributed by atoms with Crippen molar-refractivity contribution in [3.8, 4) is 5.75 Å². The van der Waals surface area contributed by atoms with E-state index in [0.29, 0.717) is 6.61 Å². The Balaban J connectivity index is 2.69. The largest absolute Gasteiger partial charge is 0.494 e. The molecule has 0 fully saturated rings. The molecule has 1 unspecified atom stereocenters. The van der Waals surface area contributed by atoms with Crippen LogP contribution in [0.5, 0.6) is 5.75 Å². The van der Waals surface area contributed by atoms with E-state index in [4.69, 9.17) is 16.3 Å². The van der Waals surface area contributed by atoms with Gasteiger partial charge < -0.3 is 10.1 Å². The summed E-state index contributed by atoms with van der Waals surface area (Å²) >= 11 is 5.97. The SMILES string of the molecule is CCOc1ccc(C(Cl)NC)cc1. The van der Waals surface area contributed by atoms with Gasteiger partial charge in [-0.3, -0.25) is 0 Å². The molecule has 1 atom stereocenters. The van der Waals surface area contributed by atoms with Gasteiger partial charge in [0.15, 0.2) is 0 Å². The van der Waals surface area contributed by atoms with Crippen molar-refractivity contribution < 1.29 is 4.74 Å². The Hall–Kier alpha value is -0.730. The van der Waals surface area contributed by atoms with E-state index in [1.165, 1.54) is 0 Å². The van der Waals surface area contributed by atoms with Crippen LogP contribution in [0.25, 0.3) is 0 Å². The average Bonchev–Trinajstić information content (AvgIpc) is 2.18. The molecule has 1 N–H and O–H groups in total. The molecule has 0 saturated heterocycles. The summed E-state index contributed by atoms with van der Waals surface area (Å²) in [5, 5.41) is 2.96. The van der Waals surface area contributed by atoms with E-state index in [2.05, 4.69) is 5.32 Å². The van der Waals surface area contributed by atoms with Crippen LogP contribution in [-0.2, 0) is 0 Å². The van der Waals surface area contributed by atoms with Gasteiger partial charge in [-0.05, 0) is 31.7 Å². The van der Waals surface area contributed by atoms with Crippen molar-refractivity contribution in [1.82, 2.24) is 5.32 Å². The highest BCUT2D eigenvalue weighted by Crippen LogP contribution is 2.19. The summed E-state index contributed by atoms with van der Waals surface area (Å²) in [4.78, 5) is 0. The summed E-state index contributed by atoms with van der Waals surface area (Å²) in [6.45, 7) is 2.65. The maximum Gasteiger partial charge on any atom is 0.119 e. The third-order valence-corrected chi connectivity index (χ3v) is 2.21. The van der Waals surface area contributed by atoms with Gasteiger partial charge in [-0.1, -0.05) is 12.1 Å². The first-order chi connectivity index (χ1) is 6.27. The van der Waals surface area contributed by atoms with Gasteiger partial charge in [-0.15, -0.1) is 11.6 Å². The molecule has 0 aliphatic rings. The average molecular weight is 200 g/mol. The standard InChI is InChI=1S/C10H14ClNO/c1-3-13-9-6-4-8(5-7-9)10(11)12-2/h4-7,10,12H,3H2,1-2H3. The summed E-state index contributed by atoms with van der Waals surface area (Å²) in [6, 6.07) is 7.76. The molecule has 0 bridgehead atoms. The fraction of sp³-hybridized carbons (Fsp3) is 0.400. The zero-order chi connectivity index (χ0) is 9.68. The first kappa shape index (κ1) is 10.4. The van der Waals surface area contributed by atoms with Gasteiger partial charge in [0.1, 0.15) is 11.3 Å². The second-order valence-electron chi connectivity index (χ2n) is 2.65. The van der Waals surface area contributed by atoms with Crippen molar-refractivity contribution in [2.45, 2.75) is 12.4 Å². The topological polar surface area (TPSA) is 21.3 Å². The van der Waals surface area contributed by atoms with Crippen molar-refractivity contribution in [3.63, 3.8) is 0 Å². The fourth-order valence-corrected chi connectivity index (χ4v) is 1.21. The Morgan fingerprint density at radius 1 is 1.38 bits per heavy atom. The third kappa shape index (κ3) is 2.90. The Bertz CT molecular complexity index is 248. The van der Waals surface area contributed by atoms with Crippen LogP contribution in [0.2, 0.25) is 0 Å². The number of halogens is 1. The van der Waals surface area contributed by atoms with Crippen molar-refractivity contribution in [2.24, 2.45) is 0 Å². The minimum absolute atomic E-state index is 0.129. The van der Waals surface area contributed by atoms with Gasteiger partial charge in [-0.25, -0.2) is 0 Å². The van der Waals surface area contributed by atoms with Gasteiger partial charge in [0.05, 0.1) is 6.61 Å². The summed E-state index contributed by atoms with van der Waals surface area (Å²) in [5.41, 5.74) is 0.920. The highest BCUT2D eigenvalue weighted by atomic mass is 35.5. The summed E-state index contributed by atoms with van der Waals surface area (Å²) < 4.78 is 5.31. The molecular weight excluding hydrogens is 186 g/mol. The number of alkyl halides is 1. The van der Waals surface area contributed by atoms with Crippen LogP contribution in [0, 0.1) is 0 Å². The van der Waals surface area contributed by atoms with Crippen LogP contribution in [0.1, 0.15) is 18.0 Å². The molecule has 13 heavy (non-hydrogen) atoms. The molecule has 0 spiro atoms. The molecule has 1 aromatic carbocycles. The maximum absolute atomic E-state index is 5.97. The lowest BCUT2D eigenvalue weighted by molar-refractivity contribution is 0.340. The zero-order valence-electron chi connectivity index (χ0n) is 7.88. The minimum Gasteiger partial charge on any atom is -0.494 e. The quantitative estimate of drug-likeness (QED) is 0.595. The van der Waals surface area contributed by atoms with Gasteiger partial charge in [-0.2, -0.15) is 0 Å². The van der Waals surface area contributed by atoms with Crippen LogP contribution in [-0.4, -0.2) is 13.7 Å². The van der Waals surface area contributed by atoms with E-state index in [-0.39, 0.29) is 5.50 Å². The maximum atomic E-state index is 5.97. The lowest BCUT2D eigenvalue weighted by Crippen LogP contribution is -2.09.